The molecule has 0 heterocycles. The number of fused-ring (bicyclic) bond motifs is 1. The molecule has 0 spiro atoms. The largest absolute Gasteiger partial charge is 0.480 e. The molecule has 5 unspecified atom stereocenters. The summed E-state index contributed by atoms with van der Waals surface area (Å²) in [4.78, 5) is 29.3. The molecule has 0 aromatic carbocycles. The molecule has 2 aliphatic rings. The lowest BCUT2D eigenvalue weighted by Crippen LogP contribution is -2.50. The summed E-state index contributed by atoms with van der Waals surface area (Å²) >= 11 is 0. The van der Waals surface area contributed by atoms with Crippen molar-refractivity contribution < 1.29 is 34.5 Å². The fraction of sp³-hybridized carbons (Fsp3) is 0.875. The van der Waals surface area contributed by atoms with E-state index < -0.39 is 48.8 Å². The van der Waals surface area contributed by atoms with Crippen molar-refractivity contribution in [1.29, 1.82) is 0 Å². The average Bonchev–Trinajstić information content (AvgIpc) is 2.79. The van der Waals surface area contributed by atoms with Crippen LogP contribution in [0.1, 0.15) is 6.42 Å². The molecule has 5 atom stereocenters. The Hall–Kier alpha value is -0.500. The van der Waals surface area contributed by atoms with E-state index in [1.54, 1.807) is 0 Å². The fourth-order valence-corrected chi connectivity index (χ4v) is 4.49. The molecule has 2 aliphatic carbocycles. The molecule has 2 saturated carbocycles. The van der Waals surface area contributed by atoms with Crippen LogP contribution < -0.4 is 5.73 Å². The molecule has 9 heteroatoms. The van der Waals surface area contributed by atoms with Crippen LogP contribution in [0.2, 0.25) is 0 Å². The van der Waals surface area contributed by atoms with Crippen molar-refractivity contribution in [3.8, 4) is 0 Å². The summed E-state index contributed by atoms with van der Waals surface area (Å²) in [6.45, 7) is 0. The quantitative estimate of drug-likeness (QED) is 0.250. The number of hydrogen-bond acceptors (Lipinski definition) is 5. The van der Waals surface area contributed by atoms with Crippen LogP contribution in [0.5, 0.6) is 0 Å². The zero-order valence-corrected chi connectivity index (χ0v) is 9.57. The Morgan fingerprint density at radius 3 is 2.29 bits per heavy atom. The van der Waals surface area contributed by atoms with E-state index >= 15 is 0 Å². The van der Waals surface area contributed by atoms with Gasteiger partial charge in [-0.3, -0.25) is 9.36 Å². The van der Waals surface area contributed by atoms with Crippen molar-refractivity contribution in [3.05, 3.63) is 0 Å². The van der Waals surface area contributed by atoms with Crippen molar-refractivity contribution in [1.82, 2.24) is 0 Å². The SMILES string of the molecule is NC1(C(=O)O)CC(P(=O)(O)O)C2C(C(O)O)C21. The Kier molecular flexibility index (Phi) is 2.67. The molecule has 98 valence electrons. The molecule has 2 fully saturated rings. The van der Waals surface area contributed by atoms with Crippen molar-refractivity contribution in [3.63, 3.8) is 0 Å². The topological polar surface area (TPSA) is 161 Å². The maximum Gasteiger partial charge on any atom is 0.328 e. The van der Waals surface area contributed by atoms with Gasteiger partial charge in [-0.05, 0) is 18.3 Å². The lowest BCUT2D eigenvalue weighted by atomic mass is 9.91. The molecule has 0 aromatic rings. The highest BCUT2D eigenvalue weighted by molar-refractivity contribution is 7.52. The van der Waals surface area contributed by atoms with Crippen molar-refractivity contribution in [2.45, 2.75) is 23.9 Å². The highest BCUT2D eigenvalue weighted by atomic mass is 31.2. The van der Waals surface area contributed by atoms with Crippen LogP contribution >= 0.6 is 7.60 Å². The molecule has 0 aliphatic heterocycles. The number of hydrogen-bond donors (Lipinski definition) is 6. The van der Waals surface area contributed by atoms with Gasteiger partial charge in [-0.1, -0.05) is 0 Å². The van der Waals surface area contributed by atoms with E-state index in [9.17, 15) is 9.36 Å². The summed E-state index contributed by atoms with van der Waals surface area (Å²) in [6.07, 6.45) is -2.15. The highest BCUT2D eigenvalue weighted by Crippen LogP contribution is 2.70. The Morgan fingerprint density at radius 1 is 1.41 bits per heavy atom. The van der Waals surface area contributed by atoms with Gasteiger partial charge in [0.2, 0.25) is 0 Å². The van der Waals surface area contributed by atoms with E-state index in [1.165, 1.54) is 0 Å². The van der Waals surface area contributed by atoms with Crippen LogP contribution in [0.25, 0.3) is 0 Å². The van der Waals surface area contributed by atoms with Crippen molar-refractivity contribution >= 4 is 13.6 Å². The van der Waals surface area contributed by atoms with Gasteiger partial charge in [-0.2, -0.15) is 0 Å². The van der Waals surface area contributed by atoms with Gasteiger partial charge in [0.05, 0.1) is 5.66 Å². The number of aliphatic hydroxyl groups is 2. The predicted molar refractivity (Wildman–Crippen MR) is 53.7 cm³/mol. The van der Waals surface area contributed by atoms with Crippen LogP contribution in [-0.4, -0.2) is 48.6 Å². The van der Waals surface area contributed by atoms with Gasteiger partial charge in [0, 0.05) is 5.92 Å². The normalized spacial score (nSPS) is 44.8. The van der Waals surface area contributed by atoms with Gasteiger partial charge >= 0.3 is 13.6 Å². The van der Waals surface area contributed by atoms with Crippen LogP contribution in [0.4, 0.5) is 0 Å². The van der Waals surface area contributed by atoms with Crippen LogP contribution in [0.15, 0.2) is 0 Å². The van der Waals surface area contributed by atoms with E-state index in [1.807, 2.05) is 0 Å². The summed E-state index contributed by atoms with van der Waals surface area (Å²) in [7, 11) is -4.49. The van der Waals surface area contributed by atoms with Crippen LogP contribution in [0, 0.1) is 17.8 Å². The Bertz CT molecular complexity index is 407. The van der Waals surface area contributed by atoms with E-state index in [-0.39, 0.29) is 6.42 Å². The molecule has 0 saturated heterocycles. The number of rotatable bonds is 3. The Balaban J connectivity index is 2.34. The zero-order valence-electron chi connectivity index (χ0n) is 8.67. The monoisotopic (exact) mass is 267 g/mol. The zero-order chi connectivity index (χ0) is 13.2. The number of aliphatic hydroxyl groups excluding tert-OH is 1. The molecule has 0 amide bonds. The molecular weight excluding hydrogens is 253 g/mol. The Labute approximate surface area is 96.2 Å². The van der Waals surface area contributed by atoms with Gasteiger partial charge in [0.15, 0.2) is 6.29 Å². The third-order valence-electron chi connectivity index (χ3n) is 3.89. The first kappa shape index (κ1) is 12.9. The van der Waals surface area contributed by atoms with Crippen LogP contribution in [-0.2, 0) is 9.36 Å². The van der Waals surface area contributed by atoms with E-state index in [0.29, 0.717) is 0 Å². The molecule has 0 bridgehead atoms. The average molecular weight is 267 g/mol. The molecule has 0 aromatic heterocycles. The second-order valence-corrected chi connectivity index (χ2v) is 6.64. The number of carbonyl (C=O) groups is 1. The third kappa shape index (κ3) is 1.72. The predicted octanol–water partition coefficient (Wildman–Crippen LogP) is -2.11. The fourth-order valence-electron chi connectivity index (χ4n) is 3.12. The minimum atomic E-state index is -4.49. The van der Waals surface area contributed by atoms with Gasteiger partial charge in [-0.15, -0.1) is 0 Å². The Morgan fingerprint density at radius 2 is 1.94 bits per heavy atom. The maximum absolute atomic E-state index is 11.2. The first-order valence-electron chi connectivity index (χ1n) is 5.04. The third-order valence-corrected chi connectivity index (χ3v) is 5.28. The number of carboxylic acid groups (broad SMARTS) is 1. The smallest absolute Gasteiger partial charge is 0.328 e. The van der Waals surface area contributed by atoms with Crippen molar-refractivity contribution in [2.75, 3.05) is 0 Å². The first-order chi connectivity index (χ1) is 7.60. The van der Waals surface area contributed by atoms with Gasteiger partial charge in [-0.25, -0.2) is 0 Å². The standard InChI is InChI=1S/C8H14NO7P/c9-8(7(12)13)1-2(17(14,15)16)3-4(5(3)8)6(10)11/h2-6,10-11H,1,9H2,(H,12,13)(H2,14,15,16). The molecule has 17 heavy (non-hydrogen) atoms. The summed E-state index contributed by atoms with van der Waals surface area (Å²) in [5.74, 6) is -3.77. The summed E-state index contributed by atoms with van der Waals surface area (Å²) in [6, 6.07) is 0. The molecular formula is C8H14NO7P. The number of nitrogens with two attached hydrogens (primary N) is 1. The second-order valence-electron chi connectivity index (χ2n) is 4.80. The molecule has 2 rings (SSSR count). The summed E-state index contributed by atoms with van der Waals surface area (Å²) < 4.78 is 11.2. The lowest BCUT2D eigenvalue weighted by molar-refractivity contribution is -0.145. The van der Waals surface area contributed by atoms with Crippen molar-refractivity contribution in [2.24, 2.45) is 23.5 Å². The number of aliphatic carboxylic acids is 1. The molecule has 8 nitrogen and oxygen atoms in total. The van der Waals surface area contributed by atoms with Gasteiger partial charge in [0.25, 0.3) is 0 Å². The second kappa shape index (κ2) is 3.50. The molecule has 7 N–H and O–H groups in total. The minimum absolute atomic E-state index is 0.342. The van der Waals surface area contributed by atoms with Gasteiger partial charge in [0.1, 0.15) is 5.54 Å². The highest BCUT2D eigenvalue weighted by Gasteiger charge is 2.75. The lowest BCUT2D eigenvalue weighted by Gasteiger charge is -2.26. The van der Waals surface area contributed by atoms with Gasteiger partial charge < -0.3 is 30.8 Å². The van der Waals surface area contributed by atoms with E-state index in [2.05, 4.69) is 0 Å². The first-order valence-corrected chi connectivity index (χ1v) is 6.72. The minimum Gasteiger partial charge on any atom is -0.480 e. The van der Waals surface area contributed by atoms with Crippen LogP contribution in [0.3, 0.4) is 0 Å². The summed E-state index contributed by atoms with van der Waals surface area (Å²) in [5.41, 5.74) is 2.64. The van der Waals surface area contributed by atoms with E-state index in [0.717, 1.165) is 0 Å². The number of carboxylic acids is 1. The maximum atomic E-state index is 11.2. The molecule has 0 radical (unpaired) electrons. The van der Waals surface area contributed by atoms with E-state index in [4.69, 9.17) is 30.8 Å². The summed E-state index contributed by atoms with van der Waals surface area (Å²) in [5, 5.41) is 27.1.